The first-order valence-electron chi connectivity index (χ1n) is 10.2. The highest BCUT2D eigenvalue weighted by molar-refractivity contribution is 5.86. The van der Waals surface area contributed by atoms with Crippen molar-refractivity contribution in [3.05, 3.63) is 71.4 Å². The summed E-state index contributed by atoms with van der Waals surface area (Å²) in [6.07, 6.45) is 3.88. The first-order valence-corrected chi connectivity index (χ1v) is 10.2. The maximum Gasteiger partial charge on any atom is 0.136 e. The summed E-state index contributed by atoms with van der Waals surface area (Å²) in [6.45, 7) is 8.55. The van der Waals surface area contributed by atoms with Crippen molar-refractivity contribution in [2.24, 2.45) is 5.92 Å². The average Bonchev–Trinajstić information content (AvgIpc) is 2.98. The Morgan fingerprint density at radius 3 is 2.69 bits per heavy atom. The molecule has 2 nitrogen and oxygen atoms in total. The smallest absolute Gasteiger partial charge is 0.136 e. The average molecular weight is 346 g/mol. The standard InChI is InChI=1S/C24H28N2/c1-18-12-14-24(2)23-21(13-15-25(24)16-18)20-10-6-7-11-22(20)26(23)17-19-8-4-3-5-9-19/h3-11,18H,12-17H2,1-2H3/p+1. The molecule has 2 aliphatic heterocycles. The van der Waals surface area contributed by atoms with Gasteiger partial charge in [-0.15, -0.1) is 0 Å². The minimum Gasteiger partial charge on any atom is -0.334 e. The second-order valence-corrected chi connectivity index (χ2v) is 8.70. The van der Waals surface area contributed by atoms with Crippen molar-refractivity contribution < 1.29 is 4.90 Å². The molecule has 1 N–H and O–H groups in total. The highest BCUT2D eigenvalue weighted by Crippen LogP contribution is 2.39. The Labute approximate surface area is 156 Å². The number of nitrogens with zero attached hydrogens (tertiary/aromatic N) is 1. The van der Waals surface area contributed by atoms with Crippen LogP contribution in [-0.4, -0.2) is 17.7 Å². The summed E-state index contributed by atoms with van der Waals surface area (Å²) in [5.74, 6) is 0.853. The van der Waals surface area contributed by atoms with Gasteiger partial charge < -0.3 is 9.47 Å². The Bertz CT molecular complexity index is 940. The molecule has 134 valence electrons. The third-order valence-electron chi connectivity index (χ3n) is 6.97. The van der Waals surface area contributed by atoms with Gasteiger partial charge in [-0.25, -0.2) is 0 Å². The van der Waals surface area contributed by atoms with Crippen molar-refractivity contribution in [2.75, 3.05) is 13.1 Å². The number of hydrogen-bond acceptors (Lipinski definition) is 0. The van der Waals surface area contributed by atoms with Gasteiger partial charge in [-0.05, 0) is 30.5 Å². The Morgan fingerprint density at radius 2 is 1.85 bits per heavy atom. The van der Waals surface area contributed by atoms with Crippen LogP contribution in [0.2, 0.25) is 0 Å². The maximum atomic E-state index is 2.65. The molecule has 1 fully saturated rings. The minimum absolute atomic E-state index is 0.258. The second-order valence-electron chi connectivity index (χ2n) is 8.70. The molecule has 1 aromatic heterocycles. The number of para-hydroxylation sites is 1. The number of piperidine rings is 1. The third-order valence-corrected chi connectivity index (χ3v) is 6.97. The van der Waals surface area contributed by atoms with Gasteiger partial charge in [-0.3, -0.25) is 0 Å². The van der Waals surface area contributed by atoms with Crippen molar-refractivity contribution in [3.8, 4) is 0 Å². The van der Waals surface area contributed by atoms with Crippen LogP contribution in [-0.2, 0) is 18.5 Å². The summed E-state index contributed by atoms with van der Waals surface area (Å²) in [5, 5.41) is 1.48. The van der Waals surface area contributed by atoms with Crippen LogP contribution in [0, 0.1) is 5.92 Å². The SMILES string of the molecule is CC1CCC2(C)c3c(c4ccccc4n3Cc3ccccc3)CC[NH+]2C1. The van der Waals surface area contributed by atoms with Gasteiger partial charge in [0.15, 0.2) is 0 Å². The van der Waals surface area contributed by atoms with E-state index in [2.05, 4.69) is 73.0 Å². The number of rotatable bonds is 2. The number of aromatic nitrogens is 1. The molecular formula is C24H29N2+. The van der Waals surface area contributed by atoms with Crippen LogP contribution in [0.1, 0.15) is 43.5 Å². The number of benzene rings is 2. The van der Waals surface area contributed by atoms with Crippen molar-refractivity contribution in [1.29, 1.82) is 0 Å². The van der Waals surface area contributed by atoms with Crippen LogP contribution in [0.25, 0.3) is 10.9 Å². The van der Waals surface area contributed by atoms with E-state index >= 15 is 0 Å². The van der Waals surface area contributed by atoms with E-state index in [0.29, 0.717) is 0 Å². The Balaban J connectivity index is 1.72. The molecule has 3 atom stereocenters. The fraction of sp³-hybridized carbons (Fsp3) is 0.417. The van der Waals surface area contributed by atoms with Gasteiger partial charge in [0.2, 0.25) is 0 Å². The minimum atomic E-state index is 0.258. The lowest BCUT2D eigenvalue weighted by molar-refractivity contribution is -0.970. The third kappa shape index (κ3) is 2.35. The molecule has 2 aliphatic rings. The first kappa shape index (κ1) is 16.1. The van der Waals surface area contributed by atoms with Crippen LogP contribution in [0.4, 0.5) is 0 Å². The highest BCUT2D eigenvalue weighted by atomic mass is 15.2. The van der Waals surface area contributed by atoms with E-state index in [1.165, 1.54) is 48.8 Å². The van der Waals surface area contributed by atoms with Gasteiger partial charge in [-0.2, -0.15) is 0 Å². The van der Waals surface area contributed by atoms with Crippen LogP contribution in [0.15, 0.2) is 54.6 Å². The maximum absolute atomic E-state index is 2.65. The number of nitrogens with one attached hydrogen (secondary N) is 1. The van der Waals surface area contributed by atoms with Gasteiger partial charge in [0.1, 0.15) is 5.54 Å². The van der Waals surface area contributed by atoms with E-state index in [0.717, 1.165) is 12.5 Å². The first-order chi connectivity index (χ1) is 12.7. The Morgan fingerprint density at radius 1 is 1.08 bits per heavy atom. The molecule has 3 heterocycles. The lowest BCUT2D eigenvalue weighted by Gasteiger charge is -2.47. The number of quaternary nitrogens is 1. The van der Waals surface area contributed by atoms with Gasteiger partial charge in [0.05, 0.1) is 18.8 Å². The molecule has 3 unspecified atom stereocenters. The van der Waals surface area contributed by atoms with E-state index in [4.69, 9.17) is 0 Å². The molecule has 0 radical (unpaired) electrons. The molecule has 1 saturated heterocycles. The zero-order valence-corrected chi connectivity index (χ0v) is 16.0. The van der Waals surface area contributed by atoms with Gasteiger partial charge in [0, 0.05) is 36.2 Å². The van der Waals surface area contributed by atoms with Crippen LogP contribution >= 0.6 is 0 Å². The van der Waals surface area contributed by atoms with Crippen molar-refractivity contribution >= 4 is 10.9 Å². The molecule has 0 aliphatic carbocycles. The topological polar surface area (TPSA) is 9.37 Å². The summed E-state index contributed by atoms with van der Waals surface area (Å²) < 4.78 is 2.65. The fourth-order valence-electron chi connectivity index (χ4n) is 5.59. The predicted octanol–water partition coefficient (Wildman–Crippen LogP) is 3.78. The lowest BCUT2D eigenvalue weighted by Crippen LogP contribution is -3.21. The molecule has 26 heavy (non-hydrogen) atoms. The quantitative estimate of drug-likeness (QED) is 0.724. The normalized spacial score (nSPS) is 27.9. The lowest BCUT2D eigenvalue weighted by atomic mass is 9.77. The molecule has 0 bridgehead atoms. The van der Waals surface area contributed by atoms with Crippen LogP contribution < -0.4 is 4.90 Å². The largest absolute Gasteiger partial charge is 0.334 e. The summed E-state index contributed by atoms with van der Waals surface area (Å²) >= 11 is 0. The van der Waals surface area contributed by atoms with Crippen molar-refractivity contribution in [1.82, 2.24) is 4.57 Å². The zero-order valence-electron chi connectivity index (χ0n) is 16.0. The molecule has 2 heteroatoms. The van der Waals surface area contributed by atoms with E-state index in [1.807, 2.05) is 0 Å². The van der Waals surface area contributed by atoms with Crippen LogP contribution in [0.3, 0.4) is 0 Å². The second kappa shape index (κ2) is 5.99. The molecule has 0 saturated carbocycles. The summed E-state index contributed by atoms with van der Waals surface area (Å²) in [4.78, 5) is 1.81. The molecule has 0 spiro atoms. The highest BCUT2D eigenvalue weighted by Gasteiger charge is 2.48. The molecule has 2 aromatic carbocycles. The fourth-order valence-corrected chi connectivity index (χ4v) is 5.59. The van der Waals surface area contributed by atoms with Crippen LogP contribution in [0.5, 0.6) is 0 Å². The number of fused-ring (bicyclic) bond motifs is 5. The Kier molecular flexibility index (Phi) is 3.72. The molecule has 0 amide bonds. The van der Waals surface area contributed by atoms with E-state index in [-0.39, 0.29) is 5.54 Å². The van der Waals surface area contributed by atoms with Gasteiger partial charge in [-0.1, -0.05) is 55.5 Å². The van der Waals surface area contributed by atoms with Crippen molar-refractivity contribution in [2.45, 2.75) is 45.2 Å². The Hall–Kier alpha value is -2.06. The molecular weight excluding hydrogens is 316 g/mol. The molecule has 3 aromatic rings. The zero-order chi connectivity index (χ0) is 17.7. The van der Waals surface area contributed by atoms with E-state index < -0.39 is 0 Å². The predicted molar refractivity (Wildman–Crippen MR) is 108 cm³/mol. The van der Waals surface area contributed by atoms with Crippen molar-refractivity contribution in [3.63, 3.8) is 0 Å². The molecule has 5 rings (SSSR count). The van der Waals surface area contributed by atoms with E-state index in [1.54, 1.807) is 16.2 Å². The summed E-state index contributed by atoms with van der Waals surface area (Å²) in [7, 11) is 0. The number of hydrogen-bond donors (Lipinski definition) is 1. The van der Waals surface area contributed by atoms with Gasteiger partial charge in [0.25, 0.3) is 0 Å². The summed E-state index contributed by atoms with van der Waals surface area (Å²) in [6, 6.07) is 20.0. The monoisotopic (exact) mass is 345 g/mol. The summed E-state index contributed by atoms with van der Waals surface area (Å²) in [5.41, 5.74) is 6.32. The van der Waals surface area contributed by atoms with Gasteiger partial charge >= 0.3 is 0 Å². The van der Waals surface area contributed by atoms with E-state index in [9.17, 15) is 0 Å².